The predicted molar refractivity (Wildman–Crippen MR) is 61.5 cm³/mol. The van der Waals surface area contributed by atoms with Gasteiger partial charge < -0.3 is 11.1 Å². The lowest BCUT2D eigenvalue weighted by atomic mass is 10.1. The summed E-state index contributed by atoms with van der Waals surface area (Å²) in [6.45, 7) is 0. The van der Waals surface area contributed by atoms with E-state index in [1.165, 1.54) is 0 Å². The summed E-state index contributed by atoms with van der Waals surface area (Å²) >= 11 is 1.60. The van der Waals surface area contributed by atoms with E-state index in [4.69, 9.17) is 5.73 Å². The molecule has 3 N–H and O–H groups in total. The normalized spacial score (nSPS) is 10.1. The molecule has 0 amide bonds. The van der Waals surface area contributed by atoms with E-state index in [1.54, 1.807) is 11.3 Å². The van der Waals surface area contributed by atoms with Crippen molar-refractivity contribution in [2.45, 2.75) is 0 Å². The van der Waals surface area contributed by atoms with Crippen molar-refractivity contribution in [2.24, 2.45) is 0 Å². The van der Waals surface area contributed by atoms with Crippen molar-refractivity contribution in [3.8, 4) is 11.3 Å². The van der Waals surface area contributed by atoms with E-state index >= 15 is 0 Å². The van der Waals surface area contributed by atoms with Gasteiger partial charge in [-0.1, -0.05) is 12.1 Å². The third-order valence-electron chi connectivity index (χ3n) is 1.92. The summed E-state index contributed by atoms with van der Waals surface area (Å²) in [7, 11) is 1.87. The van der Waals surface area contributed by atoms with Gasteiger partial charge in [-0.15, -0.1) is 11.3 Å². The van der Waals surface area contributed by atoms with Crippen LogP contribution in [0.4, 0.5) is 10.8 Å². The molecule has 3 nitrogen and oxygen atoms in total. The Morgan fingerprint density at radius 3 is 2.57 bits per heavy atom. The van der Waals surface area contributed by atoms with Gasteiger partial charge in [-0.2, -0.15) is 0 Å². The highest BCUT2D eigenvalue weighted by atomic mass is 32.1. The molecule has 0 radical (unpaired) electrons. The minimum Gasteiger partial charge on any atom is -0.399 e. The number of hydrogen-bond donors (Lipinski definition) is 2. The zero-order valence-electron chi connectivity index (χ0n) is 7.82. The number of rotatable bonds is 2. The third-order valence-corrected chi connectivity index (χ3v) is 2.78. The van der Waals surface area contributed by atoms with Crippen LogP contribution in [0.1, 0.15) is 0 Å². The minimum atomic E-state index is 0.776. The number of benzene rings is 1. The summed E-state index contributed by atoms with van der Waals surface area (Å²) in [5, 5.41) is 5.96. The lowest BCUT2D eigenvalue weighted by Gasteiger charge is -1.96. The molecule has 1 heterocycles. The second-order valence-corrected chi connectivity index (χ2v) is 3.77. The van der Waals surface area contributed by atoms with Gasteiger partial charge >= 0.3 is 0 Å². The van der Waals surface area contributed by atoms with E-state index in [2.05, 4.69) is 10.3 Å². The summed E-state index contributed by atoms with van der Waals surface area (Å²) < 4.78 is 0. The van der Waals surface area contributed by atoms with Crippen LogP contribution in [0.5, 0.6) is 0 Å². The molecule has 0 aliphatic rings. The largest absolute Gasteiger partial charge is 0.399 e. The molecule has 0 fully saturated rings. The topological polar surface area (TPSA) is 50.9 Å². The highest BCUT2D eigenvalue weighted by Gasteiger charge is 2.02. The highest BCUT2D eigenvalue weighted by molar-refractivity contribution is 7.14. The van der Waals surface area contributed by atoms with Gasteiger partial charge in [0.05, 0.1) is 5.69 Å². The first-order valence-corrected chi connectivity index (χ1v) is 5.17. The molecule has 2 aromatic rings. The maximum atomic E-state index is 5.61. The molecule has 0 saturated carbocycles. The van der Waals surface area contributed by atoms with Crippen LogP contribution in [0.15, 0.2) is 29.6 Å². The second kappa shape index (κ2) is 3.67. The fraction of sp³-hybridized carbons (Fsp3) is 0.100. The van der Waals surface area contributed by atoms with Crippen molar-refractivity contribution in [3.05, 3.63) is 29.6 Å². The third kappa shape index (κ3) is 1.70. The molecule has 0 atom stereocenters. The van der Waals surface area contributed by atoms with Crippen LogP contribution in [0.2, 0.25) is 0 Å². The molecule has 1 aromatic carbocycles. The van der Waals surface area contributed by atoms with E-state index in [0.717, 1.165) is 22.1 Å². The van der Waals surface area contributed by atoms with Gasteiger partial charge in [0, 0.05) is 23.7 Å². The number of nitrogens with zero attached hydrogens (tertiary/aromatic N) is 1. The molecule has 14 heavy (non-hydrogen) atoms. The fourth-order valence-corrected chi connectivity index (χ4v) is 1.86. The lowest BCUT2D eigenvalue weighted by molar-refractivity contribution is 1.36. The maximum Gasteiger partial charge on any atom is 0.182 e. The van der Waals surface area contributed by atoms with Crippen molar-refractivity contribution in [1.82, 2.24) is 4.98 Å². The Bertz CT molecular complexity index is 419. The summed E-state index contributed by atoms with van der Waals surface area (Å²) in [4.78, 5) is 4.40. The molecule has 1 aromatic heterocycles. The quantitative estimate of drug-likeness (QED) is 0.740. The van der Waals surface area contributed by atoms with Crippen LogP contribution >= 0.6 is 11.3 Å². The molecule has 0 saturated heterocycles. The first-order chi connectivity index (χ1) is 6.79. The van der Waals surface area contributed by atoms with Crippen molar-refractivity contribution >= 4 is 22.2 Å². The fourth-order valence-electron chi connectivity index (χ4n) is 1.18. The molecule has 0 bridgehead atoms. The lowest BCUT2D eigenvalue weighted by Crippen LogP contribution is -1.87. The number of anilines is 2. The monoisotopic (exact) mass is 205 g/mol. The van der Waals surface area contributed by atoms with Crippen LogP contribution in [0, 0.1) is 0 Å². The van der Waals surface area contributed by atoms with E-state index in [1.807, 2.05) is 36.7 Å². The Balaban J connectivity index is 2.34. The summed E-state index contributed by atoms with van der Waals surface area (Å²) in [5.74, 6) is 0. The standard InChI is InChI=1S/C10H11N3S/c1-12-10-13-9(6-14-10)7-2-4-8(11)5-3-7/h2-6H,11H2,1H3,(H,12,13). The van der Waals surface area contributed by atoms with Gasteiger partial charge in [0.2, 0.25) is 0 Å². The minimum absolute atomic E-state index is 0.776. The highest BCUT2D eigenvalue weighted by Crippen LogP contribution is 2.24. The van der Waals surface area contributed by atoms with Crippen molar-refractivity contribution in [2.75, 3.05) is 18.1 Å². The van der Waals surface area contributed by atoms with Crippen molar-refractivity contribution < 1.29 is 0 Å². The zero-order valence-corrected chi connectivity index (χ0v) is 8.64. The Morgan fingerprint density at radius 1 is 1.29 bits per heavy atom. The van der Waals surface area contributed by atoms with Gasteiger partial charge in [0.1, 0.15) is 0 Å². The van der Waals surface area contributed by atoms with Crippen LogP contribution in [-0.2, 0) is 0 Å². The zero-order chi connectivity index (χ0) is 9.97. The number of aromatic nitrogens is 1. The molecule has 2 rings (SSSR count). The number of nitrogens with two attached hydrogens (primary N) is 1. The maximum absolute atomic E-state index is 5.61. The number of nitrogens with one attached hydrogen (secondary N) is 1. The summed E-state index contributed by atoms with van der Waals surface area (Å²) in [5.41, 5.74) is 8.46. The van der Waals surface area contributed by atoms with E-state index < -0.39 is 0 Å². The average molecular weight is 205 g/mol. The second-order valence-electron chi connectivity index (χ2n) is 2.91. The van der Waals surface area contributed by atoms with Gasteiger partial charge in [-0.05, 0) is 12.1 Å². The predicted octanol–water partition coefficient (Wildman–Crippen LogP) is 2.43. The number of nitrogen functional groups attached to an aromatic ring is 1. The van der Waals surface area contributed by atoms with Crippen molar-refractivity contribution in [1.29, 1.82) is 0 Å². The Hall–Kier alpha value is -1.55. The number of hydrogen-bond acceptors (Lipinski definition) is 4. The first kappa shape index (κ1) is 9.02. The van der Waals surface area contributed by atoms with Gasteiger partial charge in [0.25, 0.3) is 0 Å². The molecular weight excluding hydrogens is 194 g/mol. The molecule has 0 spiro atoms. The summed E-state index contributed by atoms with van der Waals surface area (Å²) in [6, 6.07) is 7.72. The van der Waals surface area contributed by atoms with E-state index in [0.29, 0.717) is 0 Å². The van der Waals surface area contributed by atoms with Gasteiger partial charge in [0.15, 0.2) is 5.13 Å². The molecule has 0 aliphatic heterocycles. The molecule has 0 unspecified atom stereocenters. The molecular formula is C10H11N3S. The average Bonchev–Trinajstić information content (AvgIpc) is 2.67. The van der Waals surface area contributed by atoms with E-state index in [9.17, 15) is 0 Å². The Kier molecular flexibility index (Phi) is 2.37. The molecule has 4 heteroatoms. The van der Waals surface area contributed by atoms with Crippen LogP contribution in [0.3, 0.4) is 0 Å². The van der Waals surface area contributed by atoms with Crippen LogP contribution < -0.4 is 11.1 Å². The number of thiazole rings is 1. The van der Waals surface area contributed by atoms with Gasteiger partial charge in [-0.3, -0.25) is 0 Å². The first-order valence-electron chi connectivity index (χ1n) is 4.29. The van der Waals surface area contributed by atoms with Gasteiger partial charge in [-0.25, -0.2) is 4.98 Å². The van der Waals surface area contributed by atoms with E-state index in [-0.39, 0.29) is 0 Å². The summed E-state index contributed by atoms with van der Waals surface area (Å²) in [6.07, 6.45) is 0. The molecule has 72 valence electrons. The smallest absolute Gasteiger partial charge is 0.182 e. The SMILES string of the molecule is CNc1nc(-c2ccc(N)cc2)cs1. The Morgan fingerprint density at radius 2 is 2.00 bits per heavy atom. The Labute approximate surface area is 86.6 Å². The van der Waals surface area contributed by atoms with Crippen LogP contribution in [-0.4, -0.2) is 12.0 Å². The van der Waals surface area contributed by atoms with Crippen LogP contribution in [0.25, 0.3) is 11.3 Å². The molecule has 0 aliphatic carbocycles. The van der Waals surface area contributed by atoms with Crippen molar-refractivity contribution in [3.63, 3.8) is 0 Å².